The molecule has 1 amide bonds. The molecular weight excluding hydrogens is 311 g/mol. The van der Waals surface area contributed by atoms with Crippen molar-refractivity contribution in [3.05, 3.63) is 57.0 Å². The molecule has 3 rings (SSSR count). The zero-order chi connectivity index (χ0) is 16.2. The Bertz CT molecular complexity index is 739. The molecule has 1 aromatic heterocycles. The van der Waals surface area contributed by atoms with Gasteiger partial charge < -0.3 is 5.32 Å². The van der Waals surface area contributed by atoms with Gasteiger partial charge in [0.15, 0.2) is 0 Å². The van der Waals surface area contributed by atoms with Gasteiger partial charge in [-0.3, -0.25) is 4.79 Å². The predicted octanol–water partition coefficient (Wildman–Crippen LogP) is 4.15. The molecular formula is C18H17FN2OS. The average molecular weight is 328 g/mol. The van der Waals surface area contributed by atoms with E-state index in [0.29, 0.717) is 4.88 Å². The lowest BCUT2D eigenvalue weighted by Crippen LogP contribution is -2.27. The number of halogens is 1. The van der Waals surface area contributed by atoms with E-state index >= 15 is 0 Å². The molecule has 1 unspecified atom stereocenters. The van der Waals surface area contributed by atoms with E-state index in [1.54, 1.807) is 12.1 Å². The van der Waals surface area contributed by atoms with Gasteiger partial charge in [-0.1, -0.05) is 24.6 Å². The maximum absolute atomic E-state index is 13.8. The van der Waals surface area contributed by atoms with Crippen molar-refractivity contribution in [1.29, 1.82) is 5.26 Å². The molecule has 0 fully saturated rings. The van der Waals surface area contributed by atoms with E-state index in [-0.39, 0.29) is 11.5 Å². The third kappa shape index (κ3) is 3.43. The molecule has 23 heavy (non-hydrogen) atoms. The summed E-state index contributed by atoms with van der Waals surface area (Å²) in [5.74, 6) is -0.792. The number of rotatable bonds is 3. The highest BCUT2D eigenvalue weighted by Crippen LogP contribution is 2.29. The first-order valence-electron chi connectivity index (χ1n) is 7.75. The van der Waals surface area contributed by atoms with E-state index in [0.717, 1.165) is 25.7 Å². The first kappa shape index (κ1) is 15.7. The Labute approximate surface area is 138 Å². The van der Waals surface area contributed by atoms with E-state index in [1.165, 1.54) is 40.3 Å². The Balaban J connectivity index is 1.78. The molecule has 1 aliphatic rings. The summed E-state index contributed by atoms with van der Waals surface area (Å²) in [6, 6.07) is 8.94. The molecule has 1 atom stereocenters. The number of carbonyl (C=O) groups is 1. The van der Waals surface area contributed by atoms with E-state index < -0.39 is 11.9 Å². The van der Waals surface area contributed by atoms with Gasteiger partial charge in [0.1, 0.15) is 11.9 Å². The van der Waals surface area contributed by atoms with E-state index in [4.69, 9.17) is 0 Å². The van der Waals surface area contributed by atoms with Crippen LogP contribution in [0.25, 0.3) is 0 Å². The number of nitrogens with zero attached hydrogens (tertiary/aromatic N) is 1. The summed E-state index contributed by atoms with van der Waals surface area (Å²) in [5, 5.41) is 11.9. The summed E-state index contributed by atoms with van der Waals surface area (Å²) in [6.45, 7) is 0. The molecule has 1 heterocycles. The van der Waals surface area contributed by atoms with Crippen molar-refractivity contribution in [1.82, 2.24) is 5.32 Å². The van der Waals surface area contributed by atoms with Crippen LogP contribution in [-0.4, -0.2) is 5.91 Å². The number of nitrogens with one attached hydrogen (secondary N) is 1. The largest absolute Gasteiger partial charge is 0.332 e. The van der Waals surface area contributed by atoms with Crippen LogP contribution in [0.2, 0.25) is 0 Å². The number of aryl methyl sites for hydroxylation is 2. The summed E-state index contributed by atoms with van der Waals surface area (Å²) in [7, 11) is 0. The Morgan fingerprint density at radius 3 is 2.83 bits per heavy atom. The molecule has 0 saturated carbocycles. The Morgan fingerprint density at radius 1 is 1.26 bits per heavy atom. The molecule has 118 valence electrons. The molecule has 3 nitrogen and oxygen atoms in total. The van der Waals surface area contributed by atoms with Crippen LogP contribution in [0.4, 0.5) is 4.39 Å². The maximum atomic E-state index is 13.8. The third-order valence-electron chi connectivity index (χ3n) is 4.09. The summed E-state index contributed by atoms with van der Waals surface area (Å²) in [6.07, 6.45) is 5.56. The van der Waals surface area contributed by atoms with Crippen molar-refractivity contribution in [3.63, 3.8) is 0 Å². The Kier molecular flexibility index (Phi) is 4.73. The second-order valence-electron chi connectivity index (χ2n) is 5.68. The van der Waals surface area contributed by atoms with Gasteiger partial charge in [0, 0.05) is 10.4 Å². The van der Waals surface area contributed by atoms with Crippen LogP contribution < -0.4 is 5.32 Å². The lowest BCUT2D eigenvalue weighted by atomic mass is 10.1. The third-order valence-corrected chi connectivity index (χ3v) is 5.33. The smallest absolute Gasteiger partial charge is 0.262 e. The van der Waals surface area contributed by atoms with Crippen LogP contribution in [-0.2, 0) is 12.8 Å². The lowest BCUT2D eigenvalue weighted by molar-refractivity contribution is 0.0948. The fourth-order valence-electron chi connectivity index (χ4n) is 2.87. The van der Waals surface area contributed by atoms with Crippen LogP contribution in [0.5, 0.6) is 0 Å². The summed E-state index contributed by atoms with van der Waals surface area (Å²) in [4.78, 5) is 14.3. The average Bonchev–Trinajstić information content (AvgIpc) is 2.84. The van der Waals surface area contributed by atoms with Gasteiger partial charge in [0.25, 0.3) is 5.91 Å². The van der Waals surface area contributed by atoms with Crippen LogP contribution in [0, 0.1) is 17.1 Å². The number of carbonyl (C=O) groups excluding carboxylic acids is 1. The second kappa shape index (κ2) is 6.93. The zero-order valence-corrected chi connectivity index (χ0v) is 13.5. The van der Waals surface area contributed by atoms with Crippen molar-refractivity contribution >= 4 is 17.2 Å². The highest BCUT2D eigenvalue weighted by molar-refractivity contribution is 7.14. The van der Waals surface area contributed by atoms with Crippen molar-refractivity contribution in [2.45, 2.75) is 38.1 Å². The number of hydrogen-bond donors (Lipinski definition) is 1. The maximum Gasteiger partial charge on any atom is 0.262 e. The summed E-state index contributed by atoms with van der Waals surface area (Å²) in [5.41, 5.74) is 1.44. The fourth-order valence-corrected chi connectivity index (χ4v) is 4.03. The number of amides is 1. The Morgan fingerprint density at radius 2 is 2.04 bits per heavy atom. The minimum absolute atomic E-state index is 0.196. The molecule has 0 saturated heterocycles. The zero-order valence-electron chi connectivity index (χ0n) is 12.6. The monoisotopic (exact) mass is 328 g/mol. The normalized spacial score (nSPS) is 15.1. The highest BCUT2D eigenvalue weighted by Gasteiger charge is 2.21. The second-order valence-corrected chi connectivity index (χ2v) is 6.81. The summed E-state index contributed by atoms with van der Waals surface area (Å²) < 4.78 is 13.8. The quantitative estimate of drug-likeness (QED) is 0.861. The van der Waals surface area contributed by atoms with Gasteiger partial charge in [-0.25, -0.2) is 4.39 Å². The predicted molar refractivity (Wildman–Crippen MR) is 87.8 cm³/mol. The van der Waals surface area contributed by atoms with Gasteiger partial charge >= 0.3 is 0 Å². The van der Waals surface area contributed by atoms with Crippen molar-refractivity contribution in [2.24, 2.45) is 0 Å². The molecule has 1 N–H and O–H groups in total. The molecule has 5 heteroatoms. The first-order chi connectivity index (χ1) is 11.2. The molecule has 0 radical (unpaired) electrons. The summed E-state index contributed by atoms with van der Waals surface area (Å²) >= 11 is 1.49. The van der Waals surface area contributed by atoms with Gasteiger partial charge in [0.05, 0.1) is 10.9 Å². The first-order valence-corrected chi connectivity index (χ1v) is 8.57. The van der Waals surface area contributed by atoms with Gasteiger partial charge in [-0.05, 0) is 43.4 Å². The Hall–Kier alpha value is -2.19. The number of fused-ring (bicyclic) bond motifs is 1. The topological polar surface area (TPSA) is 52.9 Å². The molecule has 0 aliphatic heterocycles. The minimum Gasteiger partial charge on any atom is -0.332 e. The molecule has 2 aromatic rings. The van der Waals surface area contributed by atoms with E-state index in [2.05, 4.69) is 5.32 Å². The molecule has 0 spiro atoms. The fraction of sp³-hybridized carbons (Fsp3) is 0.333. The standard InChI is InChI=1S/C18H17FN2OS/c19-14-8-5-4-7-13(14)15(11-20)21-18(22)17-10-12-6-2-1-3-9-16(12)23-17/h4-5,7-8,10,15H,1-3,6,9H2,(H,21,22). The van der Waals surface area contributed by atoms with Crippen LogP contribution in [0.1, 0.15) is 51.0 Å². The van der Waals surface area contributed by atoms with Crippen molar-refractivity contribution in [2.75, 3.05) is 0 Å². The van der Waals surface area contributed by atoms with Gasteiger partial charge in [-0.15, -0.1) is 11.3 Å². The number of nitriles is 1. The van der Waals surface area contributed by atoms with E-state index in [1.807, 2.05) is 12.1 Å². The van der Waals surface area contributed by atoms with Gasteiger partial charge in [0.2, 0.25) is 0 Å². The van der Waals surface area contributed by atoms with Crippen LogP contribution >= 0.6 is 11.3 Å². The van der Waals surface area contributed by atoms with Crippen molar-refractivity contribution < 1.29 is 9.18 Å². The number of benzene rings is 1. The van der Waals surface area contributed by atoms with Crippen LogP contribution in [0.15, 0.2) is 30.3 Å². The van der Waals surface area contributed by atoms with Crippen LogP contribution in [0.3, 0.4) is 0 Å². The lowest BCUT2D eigenvalue weighted by Gasteiger charge is -2.11. The molecule has 1 aromatic carbocycles. The SMILES string of the molecule is N#CC(NC(=O)c1cc2c(s1)CCCCC2)c1ccccc1F. The minimum atomic E-state index is -0.981. The molecule has 0 bridgehead atoms. The van der Waals surface area contributed by atoms with Gasteiger partial charge in [-0.2, -0.15) is 5.26 Å². The van der Waals surface area contributed by atoms with E-state index in [9.17, 15) is 14.4 Å². The highest BCUT2D eigenvalue weighted by atomic mass is 32.1. The number of thiophene rings is 1. The van der Waals surface area contributed by atoms with Crippen molar-refractivity contribution in [3.8, 4) is 6.07 Å². The number of hydrogen-bond acceptors (Lipinski definition) is 3. The molecule has 1 aliphatic carbocycles.